The van der Waals surface area contributed by atoms with E-state index in [0.29, 0.717) is 16.6 Å². The molecule has 4 rings (SSSR count). The highest BCUT2D eigenvalue weighted by atomic mass is 35.5. The van der Waals surface area contributed by atoms with Crippen LogP contribution in [0.15, 0.2) is 48.5 Å². The van der Waals surface area contributed by atoms with Gasteiger partial charge in [-0.2, -0.15) is 0 Å². The Labute approximate surface area is 179 Å². The van der Waals surface area contributed by atoms with E-state index in [9.17, 15) is 4.79 Å². The average molecular weight is 423 g/mol. The van der Waals surface area contributed by atoms with E-state index in [4.69, 9.17) is 11.6 Å². The standard InChI is InChI=1S/C24H23ClN2OS/c1-4-12-27(17-9-7-16(5-2)8-10-17)24(28)21-14-19-22(29-21)18-13-15(3)6-11-20(18)26-23(19)25/h6-11,13-14H,4-5,12H2,1-3H3. The van der Waals surface area contributed by atoms with Crippen LogP contribution in [0.1, 0.15) is 41.1 Å². The molecule has 0 aliphatic heterocycles. The van der Waals surface area contributed by atoms with Gasteiger partial charge in [-0.1, -0.05) is 49.2 Å². The van der Waals surface area contributed by atoms with Crippen LogP contribution in [0.3, 0.4) is 0 Å². The largest absolute Gasteiger partial charge is 0.308 e. The molecule has 2 aromatic carbocycles. The van der Waals surface area contributed by atoms with Crippen LogP contribution in [0, 0.1) is 6.92 Å². The Hall–Kier alpha value is -2.43. The first-order valence-corrected chi connectivity index (χ1v) is 11.1. The molecule has 0 aliphatic rings. The first kappa shape index (κ1) is 19.9. The number of nitrogens with zero attached hydrogens (tertiary/aromatic N) is 2. The van der Waals surface area contributed by atoms with E-state index in [1.807, 2.05) is 35.2 Å². The molecule has 0 saturated heterocycles. The molecule has 3 nitrogen and oxygen atoms in total. The minimum Gasteiger partial charge on any atom is -0.308 e. The van der Waals surface area contributed by atoms with E-state index in [1.54, 1.807) is 0 Å². The van der Waals surface area contributed by atoms with Gasteiger partial charge in [-0.3, -0.25) is 4.79 Å². The Kier molecular flexibility index (Phi) is 5.57. The monoisotopic (exact) mass is 422 g/mol. The lowest BCUT2D eigenvalue weighted by molar-refractivity contribution is 0.0991. The van der Waals surface area contributed by atoms with Gasteiger partial charge in [-0.25, -0.2) is 4.98 Å². The number of carbonyl (C=O) groups excluding carboxylic acids is 1. The van der Waals surface area contributed by atoms with Gasteiger partial charge in [0.05, 0.1) is 10.4 Å². The Bertz CT molecular complexity index is 1200. The molecule has 0 radical (unpaired) electrons. The summed E-state index contributed by atoms with van der Waals surface area (Å²) in [6.45, 7) is 6.94. The van der Waals surface area contributed by atoms with Crippen molar-refractivity contribution in [3.8, 4) is 0 Å². The van der Waals surface area contributed by atoms with E-state index >= 15 is 0 Å². The molecule has 29 heavy (non-hydrogen) atoms. The van der Waals surface area contributed by atoms with Crippen LogP contribution < -0.4 is 4.90 Å². The normalized spacial score (nSPS) is 11.3. The third-order valence-corrected chi connectivity index (χ3v) is 6.57. The molecule has 5 heteroatoms. The molecule has 2 heterocycles. The van der Waals surface area contributed by atoms with Crippen molar-refractivity contribution in [3.05, 3.63) is 69.7 Å². The number of benzene rings is 2. The second kappa shape index (κ2) is 8.13. The number of hydrogen-bond acceptors (Lipinski definition) is 3. The Balaban J connectivity index is 1.80. The number of fused-ring (bicyclic) bond motifs is 3. The van der Waals surface area contributed by atoms with E-state index in [0.717, 1.165) is 45.1 Å². The summed E-state index contributed by atoms with van der Waals surface area (Å²) in [6.07, 6.45) is 1.87. The number of thiophene rings is 1. The number of carbonyl (C=O) groups is 1. The maximum Gasteiger partial charge on any atom is 0.268 e. The maximum atomic E-state index is 13.4. The van der Waals surface area contributed by atoms with Crippen molar-refractivity contribution in [2.75, 3.05) is 11.4 Å². The summed E-state index contributed by atoms with van der Waals surface area (Å²) >= 11 is 7.95. The molecule has 0 N–H and O–H groups in total. The van der Waals surface area contributed by atoms with Gasteiger partial charge in [-0.15, -0.1) is 11.3 Å². The molecule has 0 aliphatic carbocycles. The second-order valence-electron chi connectivity index (χ2n) is 7.25. The van der Waals surface area contributed by atoms with Gasteiger partial charge >= 0.3 is 0 Å². The zero-order chi connectivity index (χ0) is 20.5. The third-order valence-electron chi connectivity index (χ3n) is 5.13. The lowest BCUT2D eigenvalue weighted by atomic mass is 10.1. The Morgan fingerprint density at radius 2 is 1.83 bits per heavy atom. The van der Waals surface area contributed by atoms with Gasteiger partial charge in [0.2, 0.25) is 0 Å². The molecular weight excluding hydrogens is 400 g/mol. The fourth-order valence-electron chi connectivity index (χ4n) is 3.56. The molecule has 0 atom stereocenters. The van der Waals surface area contributed by atoms with Gasteiger partial charge in [-0.05, 0) is 55.7 Å². The summed E-state index contributed by atoms with van der Waals surface area (Å²) in [4.78, 5) is 20.5. The molecule has 148 valence electrons. The number of amides is 1. The predicted molar refractivity (Wildman–Crippen MR) is 125 cm³/mol. The SMILES string of the molecule is CCCN(C(=O)c1cc2c(Cl)nc3ccc(C)cc3c2s1)c1ccc(CC)cc1. The van der Waals surface area contributed by atoms with Gasteiger partial charge in [0, 0.05) is 27.7 Å². The van der Waals surface area contributed by atoms with E-state index in [-0.39, 0.29) is 5.91 Å². The quantitative estimate of drug-likeness (QED) is 0.323. The number of rotatable bonds is 5. The van der Waals surface area contributed by atoms with Crippen molar-refractivity contribution < 1.29 is 4.79 Å². The highest BCUT2D eigenvalue weighted by Gasteiger charge is 2.21. The minimum atomic E-state index is 0.00849. The van der Waals surface area contributed by atoms with Crippen LogP contribution in [-0.4, -0.2) is 17.4 Å². The van der Waals surface area contributed by atoms with E-state index in [2.05, 4.69) is 44.0 Å². The number of aromatic nitrogens is 1. The smallest absolute Gasteiger partial charge is 0.268 e. The summed E-state index contributed by atoms with van der Waals surface area (Å²) in [6, 6.07) is 16.3. The van der Waals surface area contributed by atoms with Crippen LogP contribution in [-0.2, 0) is 6.42 Å². The van der Waals surface area contributed by atoms with Crippen LogP contribution in [0.5, 0.6) is 0 Å². The number of halogens is 1. The van der Waals surface area contributed by atoms with Gasteiger partial charge in [0.25, 0.3) is 5.91 Å². The molecule has 0 saturated carbocycles. The lowest BCUT2D eigenvalue weighted by Gasteiger charge is -2.22. The topological polar surface area (TPSA) is 33.2 Å². The van der Waals surface area contributed by atoms with Crippen molar-refractivity contribution in [2.24, 2.45) is 0 Å². The maximum absolute atomic E-state index is 13.4. The summed E-state index contributed by atoms with van der Waals surface area (Å²) in [5.41, 5.74) is 4.21. The predicted octanol–water partition coefficient (Wildman–Crippen LogP) is 7.03. The summed E-state index contributed by atoms with van der Waals surface area (Å²) < 4.78 is 1.02. The molecule has 0 fully saturated rings. The van der Waals surface area contributed by atoms with E-state index in [1.165, 1.54) is 16.9 Å². The molecule has 0 spiro atoms. The zero-order valence-electron chi connectivity index (χ0n) is 16.8. The number of aryl methyl sites for hydroxylation is 2. The van der Waals surface area contributed by atoms with Crippen LogP contribution in [0.2, 0.25) is 5.15 Å². The van der Waals surface area contributed by atoms with Crippen molar-refractivity contribution in [2.45, 2.75) is 33.6 Å². The summed E-state index contributed by atoms with van der Waals surface area (Å²) in [5, 5.41) is 2.33. The molecular formula is C24H23ClN2OS. The molecule has 2 aromatic heterocycles. The molecule has 0 unspecified atom stereocenters. The first-order valence-electron chi connectivity index (χ1n) is 9.92. The molecule has 1 amide bonds. The van der Waals surface area contributed by atoms with E-state index < -0.39 is 0 Å². The lowest BCUT2D eigenvalue weighted by Crippen LogP contribution is -2.31. The Morgan fingerprint density at radius 3 is 2.52 bits per heavy atom. The fourth-order valence-corrected chi connectivity index (χ4v) is 4.99. The number of pyridine rings is 1. The van der Waals surface area contributed by atoms with Gasteiger partial charge in [0.15, 0.2) is 0 Å². The first-order chi connectivity index (χ1) is 14.0. The second-order valence-corrected chi connectivity index (χ2v) is 8.66. The summed E-state index contributed by atoms with van der Waals surface area (Å²) in [5.74, 6) is 0.00849. The molecule has 4 aromatic rings. The minimum absolute atomic E-state index is 0.00849. The van der Waals surface area contributed by atoms with Crippen LogP contribution >= 0.6 is 22.9 Å². The van der Waals surface area contributed by atoms with Gasteiger partial charge < -0.3 is 4.90 Å². The average Bonchev–Trinajstić information content (AvgIpc) is 3.19. The number of hydrogen-bond donors (Lipinski definition) is 0. The van der Waals surface area contributed by atoms with Crippen molar-refractivity contribution >= 4 is 55.5 Å². The van der Waals surface area contributed by atoms with Crippen molar-refractivity contribution in [1.82, 2.24) is 4.98 Å². The Morgan fingerprint density at radius 1 is 1.07 bits per heavy atom. The van der Waals surface area contributed by atoms with Crippen LogP contribution in [0.4, 0.5) is 5.69 Å². The number of anilines is 1. The highest BCUT2D eigenvalue weighted by Crippen LogP contribution is 2.37. The zero-order valence-corrected chi connectivity index (χ0v) is 18.4. The van der Waals surface area contributed by atoms with Crippen molar-refractivity contribution in [1.29, 1.82) is 0 Å². The van der Waals surface area contributed by atoms with Crippen molar-refractivity contribution in [3.63, 3.8) is 0 Å². The van der Waals surface area contributed by atoms with Gasteiger partial charge in [0.1, 0.15) is 5.15 Å². The summed E-state index contributed by atoms with van der Waals surface area (Å²) in [7, 11) is 0. The molecule has 0 bridgehead atoms. The third kappa shape index (κ3) is 3.75. The fraction of sp³-hybridized carbons (Fsp3) is 0.250. The highest BCUT2D eigenvalue weighted by molar-refractivity contribution is 7.22. The van der Waals surface area contributed by atoms with Crippen LogP contribution in [0.25, 0.3) is 21.0 Å².